The second-order valence-electron chi connectivity index (χ2n) is 30.2. The molecule has 0 radical (unpaired) electrons. The fourth-order valence-electron chi connectivity index (χ4n) is 14.2. The predicted molar refractivity (Wildman–Crippen MR) is 416 cm³/mol. The number of nitrogens with two attached hydrogens (primary N) is 1. The van der Waals surface area contributed by atoms with Crippen LogP contribution < -0.4 is 43.0 Å². The van der Waals surface area contributed by atoms with Crippen LogP contribution in [0.3, 0.4) is 0 Å². The number of piperidine rings is 2. The van der Waals surface area contributed by atoms with Crippen molar-refractivity contribution in [2.24, 2.45) is 17.6 Å². The van der Waals surface area contributed by atoms with E-state index in [-0.39, 0.29) is 115 Å². The molecule has 4 aliphatic heterocycles. The van der Waals surface area contributed by atoms with Crippen molar-refractivity contribution in [2.75, 3.05) is 70.5 Å². The number of hydrogen-bond acceptors (Lipinski definition) is 28. The maximum atomic E-state index is 15.0. The summed E-state index contributed by atoms with van der Waals surface area (Å²) in [5.41, 5.74) is 6.92. The van der Waals surface area contributed by atoms with Gasteiger partial charge in [0, 0.05) is 75.8 Å². The van der Waals surface area contributed by atoms with Crippen molar-refractivity contribution in [2.45, 2.75) is 232 Å². The number of likely N-dealkylation sites (tertiary alicyclic amines) is 4. The molecule has 14 unspecified atom stereocenters. The number of β-amino-alcohol motifs (C(OH)–C–C–N with tert-alkyl or cyclic N) is 2. The van der Waals surface area contributed by atoms with Crippen LogP contribution in [0.5, 0.6) is 0 Å². The summed E-state index contributed by atoms with van der Waals surface area (Å²) in [5, 5.41) is 128. The normalized spacial score (nSPS) is 23.5. The Morgan fingerprint density at radius 2 is 0.887 bits per heavy atom. The third kappa shape index (κ3) is 29.2. The van der Waals surface area contributed by atoms with E-state index in [1.165, 1.54) is 0 Å². The molecule has 10 amide bonds. The van der Waals surface area contributed by atoms with Gasteiger partial charge in [-0.05, 0) is 94.5 Å². The number of carboxylic acid groups (broad SMARTS) is 3. The van der Waals surface area contributed by atoms with E-state index < -0.39 is 234 Å². The molecule has 39 heteroatoms. The number of imide groups is 2. The van der Waals surface area contributed by atoms with Crippen LogP contribution >= 0.6 is 23.5 Å². The van der Waals surface area contributed by atoms with Gasteiger partial charge in [0.05, 0.1) is 72.4 Å². The maximum Gasteiger partial charge on any atom is 0.327 e. The lowest BCUT2D eigenvalue weighted by atomic mass is 9.90. The Labute approximate surface area is 674 Å². The third-order valence-corrected chi connectivity index (χ3v) is 23.1. The maximum absolute atomic E-state index is 15.0. The Morgan fingerprint density at radius 3 is 1.31 bits per heavy atom. The van der Waals surface area contributed by atoms with E-state index in [0.717, 1.165) is 33.3 Å². The molecule has 20 N–H and O–H groups in total. The number of aliphatic carboxylic acids is 3. The van der Waals surface area contributed by atoms with Gasteiger partial charge in [-0.2, -0.15) is 0 Å². The van der Waals surface area contributed by atoms with Gasteiger partial charge in [0.2, 0.25) is 59.1 Å². The minimum absolute atomic E-state index is 0.0152. The van der Waals surface area contributed by atoms with Crippen molar-refractivity contribution >= 4 is 106 Å². The van der Waals surface area contributed by atoms with Gasteiger partial charge in [0.15, 0.2) is 5.78 Å². The first-order chi connectivity index (χ1) is 54.6. The van der Waals surface area contributed by atoms with Crippen molar-refractivity contribution in [3.05, 3.63) is 71.8 Å². The lowest BCUT2D eigenvalue weighted by molar-refractivity contribution is -0.145. The highest BCUT2D eigenvalue weighted by molar-refractivity contribution is 8.01. The van der Waals surface area contributed by atoms with E-state index in [1.807, 2.05) is 0 Å². The molecule has 4 aliphatic rings. The Kier molecular flexibility index (Phi) is 39.3. The van der Waals surface area contributed by atoms with E-state index in [9.17, 15) is 123 Å². The predicted octanol–water partition coefficient (Wildman–Crippen LogP) is -4.67. The largest absolute Gasteiger partial charge is 0.481 e. The summed E-state index contributed by atoms with van der Waals surface area (Å²) in [6, 6.07) is 3.56. The topological polar surface area (TPSA) is 585 Å². The summed E-state index contributed by atoms with van der Waals surface area (Å²) >= 11 is 1.82. The van der Waals surface area contributed by atoms with Crippen molar-refractivity contribution in [3.63, 3.8) is 0 Å². The van der Waals surface area contributed by atoms with E-state index in [4.69, 9.17) is 5.73 Å². The molecule has 640 valence electrons. The number of carbonyl (C=O) groups is 14. The number of Topliss-reactive ketones (excluding diaryl/α,β-unsaturated/α-hetero) is 1. The number of hydrogen-bond donors (Lipinski definition) is 19. The molecule has 0 spiro atoms. The zero-order valence-corrected chi connectivity index (χ0v) is 66.7. The molecule has 37 nitrogen and oxygen atoms in total. The molecular formula is C76H114N12O25S2. The second kappa shape index (κ2) is 47.3. The quantitative estimate of drug-likeness (QED) is 0.0168. The molecule has 4 heterocycles. The molecule has 6 rings (SSSR count). The number of unbranched alkanes of at least 4 members (excludes halogenated alkanes) is 3. The number of nitrogens with one attached hydrogen (secondary N) is 7. The standard InChI is InChI=1S/C76H114N12O25S2/c1-41(2)29-48(70(106)84-52(76(112)113)40-115-58-34-60(94)88(75(58)111)28-16-14-26-86-36-56(92)67(103)65(101)54(86)38-90)81-68(104)45(22-23-61(95)96)63(99)47(32-62(97)98)80-69(105)46(21-11-12-24-77)79-71(107)49(30-43-17-7-5-8-18-43)82-72(108)50(31-44-19-9-6-10-20-44)83-73(109)51(78-42(3)4)39-114-57-33-59(93)87(74(57)110)27-15-13-25-85-35-55(91)66(102)64(100)53(85)37-89/h5-10,17-20,41-42,45-58,64-67,78,89-92,100-103H,11-16,21-40,77H2,1-4H3,(H,79,107)(H,80,105)(H,81,104)(H,82,108)(H,83,109)(H,84,106)(H,95,96)(H,97,98)(H,112,113)/t45?,46?,47?,48?,49?,50?,51?,52?,53-,54?,55+,56?,57?,58?,64-,65?,66-,67?/m1/s1. The highest BCUT2D eigenvalue weighted by atomic mass is 32.2. The van der Waals surface area contributed by atoms with Gasteiger partial charge in [-0.25, -0.2) is 4.79 Å². The minimum atomic E-state index is -2.14. The number of carboxylic acids is 3. The number of aliphatic hydroxyl groups is 8. The minimum Gasteiger partial charge on any atom is -0.481 e. The van der Waals surface area contributed by atoms with Crippen molar-refractivity contribution in [3.8, 4) is 0 Å². The molecule has 0 aromatic heterocycles. The van der Waals surface area contributed by atoms with Crippen LogP contribution in [0.4, 0.5) is 0 Å². The van der Waals surface area contributed by atoms with Crippen LogP contribution in [0, 0.1) is 11.8 Å². The Hall–Kier alpha value is -8.16. The Balaban J connectivity index is 1.15. The first-order valence-corrected chi connectivity index (χ1v) is 40.9. The van der Waals surface area contributed by atoms with Gasteiger partial charge in [0.1, 0.15) is 54.6 Å². The molecule has 4 fully saturated rings. The van der Waals surface area contributed by atoms with E-state index in [0.29, 0.717) is 30.4 Å². The highest BCUT2D eigenvalue weighted by Gasteiger charge is 2.46. The summed E-state index contributed by atoms with van der Waals surface area (Å²) in [6.45, 7) is 6.30. The highest BCUT2D eigenvalue weighted by Crippen LogP contribution is 2.30. The van der Waals surface area contributed by atoms with Crippen LogP contribution in [0.15, 0.2) is 60.7 Å². The van der Waals surface area contributed by atoms with Gasteiger partial charge in [-0.3, -0.25) is 81.9 Å². The van der Waals surface area contributed by atoms with Crippen LogP contribution in [0.25, 0.3) is 0 Å². The van der Waals surface area contributed by atoms with E-state index >= 15 is 0 Å². The molecule has 0 aliphatic carbocycles. The zero-order valence-electron chi connectivity index (χ0n) is 65.0. The lowest BCUT2D eigenvalue weighted by Crippen LogP contribution is -2.62. The van der Waals surface area contributed by atoms with Crippen LogP contribution in [-0.4, -0.2) is 337 Å². The molecular weight excluding hydrogens is 1550 g/mol. The molecule has 115 heavy (non-hydrogen) atoms. The Bertz CT molecular complexity index is 3620. The molecule has 4 saturated heterocycles. The Morgan fingerprint density at radius 1 is 0.478 bits per heavy atom. The molecule has 18 atom stereocenters. The van der Waals surface area contributed by atoms with Crippen LogP contribution in [0.2, 0.25) is 0 Å². The molecule has 0 saturated carbocycles. The number of nitrogens with zero attached hydrogens (tertiary/aromatic N) is 4. The van der Waals surface area contributed by atoms with Crippen molar-refractivity contribution in [1.82, 2.24) is 56.8 Å². The third-order valence-electron chi connectivity index (χ3n) is 20.5. The number of aliphatic hydroxyl groups excluding tert-OH is 8. The first-order valence-electron chi connectivity index (χ1n) is 38.8. The number of thioether (sulfide) groups is 2. The summed E-state index contributed by atoms with van der Waals surface area (Å²) < 4.78 is 0. The molecule has 0 bridgehead atoms. The van der Waals surface area contributed by atoms with Crippen molar-refractivity contribution < 1.29 is 123 Å². The number of benzene rings is 2. The first kappa shape index (κ1) is 95.7. The van der Waals surface area contributed by atoms with Gasteiger partial charge >= 0.3 is 17.9 Å². The van der Waals surface area contributed by atoms with Gasteiger partial charge in [-0.1, -0.05) is 88.4 Å². The van der Waals surface area contributed by atoms with E-state index in [1.54, 1.807) is 98.2 Å². The zero-order chi connectivity index (χ0) is 84.9. The fourth-order valence-corrected chi connectivity index (χ4v) is 16.6. The fraction of sp³-hybridized carbons (Fsp3) is 0.658. The van der Waals surface area contributed by atoms with Gasteiger partial charge < -0.3 is 99.1 Å². The van der Waals surface area contributed by atoms with Crippen LogP contribution in [-0.2, 0) is 80.0 Å². The number of ketones is 1. The molecule has 2 aromatic rings. The number of rotatable bonds is 50. The lowest BCUT2D eigenvalue weighted by Gasteiger charge is -2.43. The summed E-state index contributed by atoms with van der Waals surface area (Å²) in [5.74, 6) is -17.5. The van der Waals surface area contributed by atoms with E-state index in [2.05, 4.69) is 37.2 Å². The average molecular weight is 1660 g/mol. The average Bonchev–Trinajstić information content (AvgIpc) is 1.81. The summed E-state index contributed by atoms with van der Waals surface area (Å²) in [7, 11) is 0. The van der Waals surface area contributed by atoms with Crippen LogP contribution in [0.1, 0.15) is 122 Å². The monoisotopic (exact) mass is 1660 g/mol. The second-order valence-corrected chi connectivity index (χ2v) is 32.6. The molecule has 2 aromatic carbocycles. The number of carbonyl (C=O) groups excluding carboxylic acids is 11. The number of amides is 10. The SMILES string of the molecule is CC(C)CC(NC(=O)C(CCC(=O)O)C(=O)C(CC(=O)O)NC(=O)C(CCCCN)NC(=O)C(Cc1ccccc1)NC(=O)C(Cc1ccccc1)NC(=O)C(CSC1CC(=O)N(CCCCN2C[C@H](O)[C@@H](O)[C@H](O)[C@H]2CO)C1=O)NC(C)C)C(=O)NC(CSC1CC(=O)N(CCCCN2CC(O)C(O)C(O)C2CO)C1=O)C(=O)O. The van der Waals surface area contributed by atoms with Crippen molar-refractivity contribution in [1.29, 1.82) is 0 Å². The van der Waals surface area contributed by atoms with Gasteiger partial charge in [0.25, 0.3) is 0 Å². The van der Waals surface area contributed by atoms with Gasteiger partial charge in [-0.15, -0.1) is 23.5 Å². The summed E-state index contributed by atoms with van der Waals surface area (Å²) in [6.07, 6.45) is -10.8. The summed E-state index contributed by atoms with van der Waals surface area (Å²) in [4.78, 5) is 199. The smallest absolute Gasteiger partial charge is 0.327 e.